The molecule has 3 heteroatoms. The molecule has 4 N–H and O–H groups in total. The molecule has 0 aliphatic carbocycles. The van der Waals surface area contributed by atoms with E-state index in [1.165, 1.54) is 0 Å². The number of nitrogens with two attached hydrogens (primary N) is 2. The fraction of sp³-hybridized carbons (Fsp3) is 0. The maximum atomic E-state index is 11.2. The van der Waals surface area contributed by atoms with Crippen LogP contribution >= 0.6 is 0 Å². The topological polar surface area (TPSA) is 69.1 Å². The van der Waals surface area contributed by atoms with E-state index in [1.54, 1.807) is 12.1 Å². The Labute approximate surface area is 104 Å². The van der Waals surface area contributed by atoms with Gasteiger partial charge in [-0.25, -0.2) is 0 Å². The maximum Gasteiger partial charge on any atom is 0.248 e. The quantitative estimate of drug-likeness (QED) is 0.503. The van der Waals surface area contributed by atoms with Crippen molar-refractivity contribution in [1.29, 1.82) is 0 Å². The first-order valence-electron chi connectivity index (χ1n) is 5.66. The zero-order valence-electron chi connectivity index (χ0n) is 9.68. The summed E-state index contributed by atoms with van der Waals surface area (Å²) in [4.78, 5) is 11.2. The molecule has 88 valence electrons. The van der Waals surface area contributed by atoms with Gasteiger partial charge in [0.25, 0.3) is 0 Å². The van der Waals surface area contributed by atoms with Crippen LogP contribution in [0.2, 0.25) is 0 Å². The number of nitrogen functional groups attached to an aromatic ring is 1. The second kappa shape index (κ2) is 3.74. The molecule has 1 amide bonds. The molecule has 0 heterocycles. The van der Waals surface area contributed by atoms with Gasteiger partial charge in [0.15, 0.2) is 0 Å². The highest BCUT2D eigenvalue weighted by Gasteiger charge is 2.03. The third-order valence-corrected chi connectivity index (χ3v) is 3.10. The van der Waals surface area contributed by atoms with Crippen molar-refractivity contribution in [3.63, 3.8) is 0 Å². The number of fused-ring (bicyclic) bond motifs is 2. The van der Waals surface area contributed by atoms with Gasteiger partial charge in [0.2, 0.25) is 5.91 Å². The van der Waals surface area contributed by atoms with Gasteiger partial charge in [0.1, 0.15) is 0 Å². The fourth-order valence-electron chi connectivity index (χ4n) is 2.17. The van der Waals surface area contributed by atoms with Gasteiger partial charge in [-0.15, -0.1) is 0 Å². The molecule has 0 aliphatic heterocycles. The lowest BCUT2D eigenvalue weighted by Gasteiger charge is -2.04. The molecule has 0 atom stereocenters. The Balaban J connectivity index is 2.35. The Morgan fingerprint density at radius 3 is 2.11 bits per heavy atom. The minimum atomic E-state index is -0.412. The summed E-state index contributed by atoms with van der Waals surface area (Å²) in [5.41, 5.74) is 12.3. The van der Waals surface area contributed by atoms with Gasteiger partial charge in [0.05, 0.1) is 0 Å². The van der Waals surface area contributed by atoms with Crippen molar-refractivity contribution in [2.45, 2.75) is 0 Å². The summed E-state index contributed by atoms with van der Waals surface area (Å²) in [6.45, 7) is 0. The van der Waals surface area contributed by atoms with Crippen molar-refractivity contribution in [3.8, 4) is 0 Å². The summed E-state index contributed by atoms with van der Waals surface area (Å²) in [6.07, 6.45) is 0. The average molecular weight is 236 g/mol. The first-order valence-corrected chi connectivity index (χ1v) is 5.66. The second-order valence-corrected chi connectivity index (χ2v) is 4.38. The van der Waals surface area contributed by atoms with Crippen LogP contribution < -0.4 is 11.5 Å². The number of hydrogen-bond acceptors (Lipinski definition) is 2. The number of rotatable bonds is 1. The molecule has 3 nitrogen and oxygen atoms in total. The molecule has 18 heavy (non-hydrogen) atoms. The molecule has 0 unspecified atom stereocenters. The first-order chi connectivity index (χ1) is 8.63. The Bertz CT molecular complexity index is 778. The molecule has 3 aromatic rings. The van der Waals surface area contributed by atoms with E-state index < -0.39 is 5.91 Å². The predicted molar refractivity (Wildman–Crippen MR) is 74.4 cm³/mol. The second-order valence-electron chi connectivity index (χ2n) is 4.38. The highest BCUT2D eigenvalue weighted by Crippen LogP contribution is 2.25. The molecular weight excluding hydrogens is 224 g/mol. The van der Waals surface area contributed by atoms with Gasteiger partial charge in [-0.1, -0.05) is 12.1 Å². The van der Waals surface area contributed by atoms with Gasteiger partial charge < -0.3 is 11.5 Å². The summed E-state index contributed by atoms with van der Waals surface area (Å²) in [5, 5.41) is 4.26. The summed E-state index contributed by atoms with van der Waals surface area (Å²) >= 11 is 0. The van der Waals surface area contributed by atoms with Crippen molar-refractivity contribution in [2.24, 2.45) is 5.73 Å². The highest BCUT2D eigenvalue weighted by molar-refractivity contribution is 6.03. The lowest BCUT2D eigenvalue weighted by atomic mass is 10.0. The van der Waals surface area contributed by atoms with Crippen LogP contribution in [0.15, 0.2) is 48.5 Å². The van der Waals surface area contributed by atoms with Crippen molar-refractivity contribution in [3.05, 3.63) is 54.1 Å². The summed E-state index contributed by atoms with van der Waals surface area (Å²) < 4.78 is 0. The van der Waals surface area contributed by atoms with Crippen molar-refractivity contribution in [1.82, 2.24) is 0 Å². The minimum absolute atomic E-state index is 0.412. The monoisotopic (exact) mass is 236 g/mol. The normalized spacial score (nSPS) is 10.9. The molecule has 0 spiro atoms. The molecule has 0 saturated carbocycles. The average Bonchev–Trinajstić information content (AvgIpc) is 2.35. The van der Waals surface area contributed by atoms with E-state index in [0.717, 1.165) is 27.2 Å². The van der Waals surface area contributed by atoms with Crippen LogP contribution in [0.1, 0.15) is 10.4 Å². The van der Waals surface area contributed by atoms with Crippen LogP contribution in [0, 0.1) is 0 Å². The molecule has 3 rings (SSSR count). The van der Waals surface area contributed by atoms with Gasteiger partial charge >= 0.3 is 0 Å². The van der Waals surface area contributed by atoms with Gasteiger partial charge in [0, 0.05) is 11.3 Å². The van der Waals surface area contributed by atoms with E-state index in [9.17, 15) is 4.79 Å². The molecule has 0 aromatic heterocycles. The molecular formula is C15H12N2O. The largest absolute Gasteiger partial charge is 0.399 e. The van der Waals surface area contributed by atoms with Crippen LogP contribution in [0.25, 0.3) is 21.5 Å². The van der Waals surface area contributed by atoms with Crippen LogP contribution in [-0.4, -0.2) is 5.91 Å². The van der Waals surface area contributed by atoms with Gasteiger partial charge in [-0.3, -0.25) is 4.79 Å². The number of primary amides is 1. The van der Waals surface area contributed by atoms with E-state index in [0.29, 0.717) is 5.56 Å². The van der Waals surface area contributed by atoms with E-state index in [-0.39, 0.29) is 0 Å². The van der Waals surface area contributed by atoms with E-state index in [4.69, 9.17) is 11.5 Å². The molecule has 0 saturated heterocycles. The molecule has 0 fully saturated rings. The number of hydrogen-bond donors (Lipinski definition) is 2. The van der Waals surface area contributed by atoms with E-state index in [1.807, 2.05) is 30.3 Å². The minimum Gasteiger partial charge on any atom is -0.399 e. The summed E-state index contributed by atoms with van der Waals surface area (Å²) in [7, 11) is 0. The zero-order valence-corrected chi connectivity index (χ0v) is 9.68. The number of benzene rings is 3. The maximum absolute atomic E-state index is 11.2. The van der Waals surface area contributed by atoms with Crippen molar-refractivity contribution < 1.29 is 4.79 Å². The third kappa shape index (κ3) is 1.66. The van der Waals surface area contributed by atoms with E-state index >= 15 is 0 Å². The molecule has 0 aliphatic rings. The SMILES string of the molecule is NC(=O)c1ccc2cc3ccc(N)cc3cc2c1. The number of amides is 1. The first kappa shape index (κ1) is 10.6. The molecule has 0 radical (unpaired) electrons. The van der Waals surface area contributed by atoms with Crippen LogP contribution in [0.3, 0.4) is 0 Å². The number of carbonyl (C=O) groups excluding carboxylic acids is 1. The lowest BCUT2D eigenvalue weighted by Crippen LogP contribution is -2.10. The van der Waals surface area contributed by atoms with Gasteiger partial charge in [-0.05, 0) is 57.9 Å². The Kier molecular flexibility index (Phi) is 2.20. The Morgan fingerprint density at radius 2 is 1.39 bits per heavy atom. The number of carbonyl (C=O) groups is 1. The smallest absolute Gasteiger partial charge is 0.248 e. The zero-order chi connectivity index (χ0) is 12.7. The van der Waals surface area contributed by atoms with Crippen LogP contribution in [-0.2, 0) is 0 Å². The molecule has 0 bridgehead atoms. The standard InChI is InChI=1S/C15H12N2O/c16-14-4-3-10-5-9-1-2-11(15(17)18)6-12(9)7-13(10)8-14/h1-8H,16H2,(H2,17,18). The molecule has 3 aromatic carbocycles. The van der Waals surface area contributed by atoms with Crippen molar-refractivity contribution in [2.75, 3.05) is 5.73 Å². The van der Waals surface area contributed by atoms with E-state index in [2.05, 4.69) is 6.07 Å². The fourth-order valence-corrected chi connectivity index (χ4v) is 2.17. The van der Waals surface area contributed by atoms with Crippen LogP contribution in [0.4, 0.5) is 5.69 Å². The highest BCUT2D eigenvalue weighted by atomic mass is 16.1. The third-order valence-electron chi connectivity index (χ3n) is 3.10. The predicted octanol–water partition coefficient (Wildman–Crippen LogP) is 2.67. The van der Waals surface area contributed by atoms with Crippen LogP contribution in [0.5, 0.6) is 0 Å². The number of anilines is 1. The Hall–Kier alpha value is -2.55. The van der Waals surface area contributed by atoms with Gasteiger partial charge in [-0.2, -0.15) is 0 Å². The van der Waals surface area contributed by atoms with Crippen molar-refractivity contribution >= 4 is 33.1 Å². The lowest BCUT2D eigenvalue weighted by molar-refractivity contribution is 0.100. The summed E-state index contributed by atoms with van der Waals surface area (Å²) in [5.74, 6) is -0.412. The summed E-state index contributed by atoms with van der Waals surface area (Å²) in [6, 6.07) is 15.4. The Morgan fingerprint density at radius 1 is 0.778 bits per heavy atom.